The zero-order valence-electron chi connectivity index (χ0n) is 8.09. The zero-order chi connectivity index (χ0) is 11.8. The maximum Gasteiger partial charge on any atom is 0.151 e. The molecule has 0 aliphatic carbocycles. The van der Waals surface area contributed by atoms with Gasteiger partial charge in [-0.3, -0.25) is 0 Å². The number of ether oxygens (including phenoxy) is 1. The van der Waals surface area contributed by atoms with Gasteiger partial charge in [0.1, 0.15) is 18.3 Å². The van der Waals surface area contributed by atoms with Crippen molar-refractivity contribution in [3.8, 4) is 0 Å². The first kappa shape index (κ1) is 13.8. The normalized spacial score (nSPS) is 18.4. The molecule has 0 aromatic heterocycles. The highest BCUT2D eigenvalue weighted by Gasteiger charge is 2.30. The van der Waals surface area contributed by atoms with Crippen molar-refractivity contribution in [1.29, 1.82) is 0 Å². The molecule has 0 saturated heterocycles. The van der Waals surface area contributed by atoms with E-state index in [1.165, 1.54) is 7.11 Å². The van der Waals surface area contributed by atoms with Gasteiger partial charge >= 0.3 is 0 Å². The lowest BCUT2D eigenvalue weighted by molar-refractivity contribution is -0.135. The molecule has 3 N–H and O–H groups in total. The smallest absolute Gasteiger partial charge is 0.151 e. The van der Waals surface area contributed by atoms with Crippen LogP contribution < -0.4 is 0 Å². The molecule has 8 nitrogen and oxygen atoms in total. The third-order valence-electron chi connectivity index (χ3n) is 1.85. The van der Waals surface area contributed by atoms with Crippen LogP contribution in [0, 0.1) is 0 Å². The SMILES string of the molecule is CO[C@H](CN=[N+]=[N-])[C@@H](O)[C@H](O)[C@@H](O)C=O. The number of carbonyl (C=O) groups excluding carboxylic acids is 1. The van der Waals surface area contributed by atoms with Gasteiger partial charge in [-0.2, -0.15) is 0 Å². The van der Waals surface area contributed by atoms with Crippen molar-refractivity contribution >= 4 is 6.29 Å². The van der Waals surface area contributed by atoms with Crippen LogP contribution in [0.15, 0.2) is 5.11 Å². The summed E-state index contributed by atoms with van der Waals surface area (Å²) in [4.78, 5) is 12.6. The summed E-state index contributed by atoms with van der Waals surface area (Å²) in [5.41, 5.74) is 8.04. The molecule has 0 rings (SSSR count). The van der Waals surface area contributed by atoms with Crippen molar-refractivity contribution in [2.24, 2.45) is 5.11 Å². The third kappa shape index (κ3) is 4.24. The van der Waals surface area contributed by atoms with Crippen molar-refractivity contribution in [3.05, 3.63) is 10.4 Å². The maximum atomic E-state index is 10.1. The lowest BCUT2D eigenvalue weighted by Gasteiger charge is -2.25. The Hall–Kier alpha value is -1.18. The Labute approximate surface area is 85.7 Å². The number of aliphatic hydroxyl groups is 3. The van der Waals surface area contributed by atoms with Crippen LogP contribution >= 0.6 is 0 Å². The number of aliphatic hydroxyl groups excluding tert-OH is 3. The van der Waals surface area contributed by atoms with E-state index in [0.717, 1.165) is 0 Å². The summed E-state index contributed by atoms with van der Waals surface area (Å²) in [5.74, 6) is 0. The Bertz CT molecular complexity index is 243. The summed E-state index contributed by atoms with van der Waals surface area (Å²) in [5, 5.41) is 30.7. The minimum atomic E-state index is -1.70. The maximum absolute atomic E-state index is 10.1. The minimum Gasteiger partial charge on any atom is -0.388 e. The highest BCUT2D eigenvalue weighted by molar-refractivity contribution is 5.56. The fourth-order valence-electron chi connectivity index (χ4n) is 0.941. The van der Waals surface area contributed by atoms with Crippen LogP contribution in [0.2, 0.25) is 0 Å². The molecule has 4 atom stereocenters. The van der Waals surface area contributed by atoms with E-state index in [-0.39, 0.29) is 12.8 Å². The highest BCUT2D eigenvalue weighted by atomic mass is 16.5. The first-order valence-electron chi connectivity index (χ1n) is 4.11. The van der Waals surface area contributed by atoms with Gasteiger partial charge in [-0.15, -0.1) is 0 Å². The second kappa shape index (κ2) is 7.16. The molecular formula is C7H13N3O5. The van der Waals surface area contributed by atoms with Crippen LogP contribution in [0.1, 0.15) is 0 Å². The van der Waals surface area contributed by atoms with E-state index >= 15 is 0 Å². The molecule has 15 heavy (non-hydrogen) atoms. The molecule has 0 aromatic carbocycles. The quantitative estimate of drug-likeness (QED) is 0.209. The minimum absolute atomic E-state index is 0.0914. The van der Waals surface area contributed by atoms with Gasteiger partial charge in [0.15, 0.2) is 6.29 Å². The Morgan fingerprint density at radius 1 is 1.47 bits per heavy atom. The Morgan fingerprint density at radius 2 is 2.07 bits per heavy atom. The van der Waals surface area contributed by atoms with Crippen molar-refractivity contribution in [2.45, 2.75) is 24.4 Å². The molecule has 86 valence electrons. The van der Waals surface area contributed by atoms with E-state index in [9.17, 15) is 15.0 Å². The number of rotatable bonds is 7. The fourth-order valence-corrected chi connectivity index (χ4v) is 0.941. The van der Waals surface area contributed by atoms with Crippen LogP contribution in [0.25, 0.3) is 10.4 Å². The van der Waals surface area contributed by atoms with Crippen LogP contribution in [-0.4, -0.2) is 59.7 Å². The Kier molecular flexibility index (Phi) is 6.59. The van der Waals surface area contributed by atoms with Crippen molar-refractivity contribution in [1.82, 2.24) is 0 Å². The molecule has 8 heteroatoms. The molecule has 0 amide bonds. The summed E-state index contributed by atoms with van der Waals surface area (Å²) < 4.78 is 4.73. The van der Waals surface area contributed by atoms with Crippen molar-refractivity contribution < 1.29 is 24.9 Å². The van der Waals surface area contributed by atoms with Crippen LogP contribution in [0.5, 0.6) is 0 Å². The monoisotopic (exact) mass is 219 g/mol. The molecule has 0 fully saturated rings. The second-order valence-corrected chi connectivity index (χ2v) is 2.80. The molecule has 0 bridgehead atoms. The van der Waals surface area contributed by atoms with Crippen molar-refractivity contribution in [2.75, 3.05) is 13.7 Å². The number of azide groups is 1. The van der Waals surface area contributed by atoms with Gasteiger partial charge < -0.3 is 24.9 Å². The van der Waals surface area contributed by atoms with E-state index in [0.29, 0.717) is 0 Å². The molecule has 0 heterocycles. The number of nitrogens with zero attached hydrogens (tertiary/aromatic N) is 3. The first-order chi connectivity index (χ1) is 7.08. The number of hydrogen-bond donors (Lipinski definition) is 3. The van der Waals surface area contributed by atoms with E-state index in [4.69, 9.17) is 15.4 Å². The van der Waals surface area contributed by atoms with Gasteiger partial charge in [0.2, 0.25) is 0 Å². The van der Waals surface area contributed by atoms with Gasteiger partial charge in [0, 0.05) is 12.0 Å². The standard InChI is InChI=1S/C7H13N3O5/c1-15-5(2-9-10-8)7(14)6(13)4(12)3-11/h3-7,12-14H,2H2,1H3/t4-,5+,6+,7+/m0/s1. The first-order valence-corrected chi connectivity index (χ1v) is 4.11. The summed E-state index contributed by atoms with van der Waals surface area (Å²) in [6, 6.07) is 0. The highest BCUT2D eigenvalue weighted by Crippen LogP contribution is 2.07. The number of carbonyl (C=O) groups is 1. The van der Waals surface area contributed by atoms with Gasteiger partial charge in [-0.25, -0.2) is 0 Å². The molecular weight excluding hydrogens is 206 g/mol. The van der Waals surface area contributed by atoms with E-state index in [1.807, 2.05) is 0 Å². The molecule has 0 saturated carbocycles. The summed E-state index contributed by atoms with van der Waals surface area (Å²) in [6.45, 7) is -0.212. The van der Waals surface area contributed by atoms with Gasteiger partial charge in [0.05, 0.1) is 12.6 Å². The summed E-state index contributed by atoms with van der Waals surface area (Å²) in [7, 11) is 1.24. The molecule has 0 aliphatic heterocycles. The second-order valence-electron chi connectivity index (χ2n) is 2.80. The number of aldehydes is 1. The van der Waals surface area contributed by atoms with Crippen molar-refractivity contribution in [3.63, 3.8) is 0 Å². The van der Waals surface area contributed by atoms with Crippen LogP contribution in [0.3, 0.4) is 0 Å². The average molecular weight is 219 g/mol. The third-order valence-corrected chi connectivity index (χ3v) is 1.85. The van der Waals surface area contributed by atoms with Gasteiger partial charge in [0.25, 0.3) is 0 Å². The van der Waals surface area contributed by atoms with E-state index in [1.54, 1.807) is 0 Å². The van der Waals surface area contributed by atoms with Crippen LogP contribution in [-0.2, 0) is 9.53 Å². The van der Waals surface area contributed by atoms with Crippen LogP contribution in [0.4, 0.5) is 0 Å². The molecule has 0 aliphatic rings. The molecule has 0 radical (unpaired) electrons. The molecule has 0 aromatic rings. The Balaban J connectivity index is 4.41. The number of hydrogen-bond acceptors (Lipinski definition) is 6. The lowest BCUT2D eigenvalue weighted by atomic mass is 10.0. The largest absolute Gasteiger partial charge is 0.388 e. The molecule has 0 unspecified atom stereocenters. The zero-order valence-corrected chi connectivity index (χ0v) is 8.09. The Morgan fingerprint density at radius 3 is 2.47 bits per heavy atom. The molecule has 0 spiro atoms. The fraction of sp³-hybridized carbons (Fsp3) is 0.857. The predicted molar refractivity (Wildman–Crippen MR) is 48.9 cm³/mol. The summed E-state index contributed by atoms with van der Waals surface area (Å²) in [6.07, 6.45) is -5.79. The average Bonchev–Trinajstić information content (AvgIpc) is 2.27. The summed E-state index contributed by atoms with van der Waals surface area (Å²) >= 11 is 0. The lowest BCUT2D eigenvalue weighted by Crippen LogP contribution is -2.46. The van der Waals surface area contributed by atoms with Gasteiger partial charge in [-0.1, -0.05) is 5.11 Å². The van der Waals surface area contributed by atoms with E-state index in [2.05, 4.69) is 10.0 Å². The predicted octanol–water partition coefficient (Wildman–Crippen LogP) is -1.41. The topological polar surface area (TPSA) is 136 Å². The number of methoxy groups -OCH3 is 1. The van der Waals surface area contributed by atoms with E-state index < -0.39 is 24.4 Å². The van der Waals surface area contributed by atoms with Gasteiger partial charge in [-0.05, 0) is 5.53 Å².